The molecule has 0 atom stereocenters. The van der Waals surface area contributed by atoms with Gasteiger partial charge < -0.3 is 5.73 Å². The van der Waals surface area contributed by atoms with Crippen LogP contribution in [0.15, 0.2) is 174 Å². The van der Waals surface area contributed by atoms with Crippen molar-refractivity contribution in [3.63, 3.8) is 0 Å². The Hall–Kier alpha value is -5.47. The number of benzene rings is 5. The first-order valence-electron chi connectivity index (χ1n) is 15.7. The van der Waals surface area contributed by atoms with Gasteiger partial charge in [0.05, 0.1) is 11.1 Å². The van der Waals surface area contributed by atoms with Crippen molar-refractivity contribution in [1.29, 1.82) is 0 Å². The number of hydrogen-bond donors (Lipinski definition) is 1. The lowest BCUT2D eigenvalue weighted by atomic mass is 9.69. The van der Waals surface area contributed by atoms with E-state index in [2.05, 4.69) is 129 Å². The summed E-state index contributed by atoms with van der Waals surface area (Å²) in [6.45, 7) is 4.29. The van der Waals surface area contributed by atoms with Crippen LogP contribution in [0.25, 0.3) is 22.4 Å². The van der Waals surface area contributed by atoms with Crippen molar-refractivity contribution in [3.05, 3.63) is 202 Å². The molecule has 0 aliphatic heterocycles. The van der Waals surface area contributed by atoms with Gasteiger partial charge in [-0.15, -0.1) is 0 Å². The predicted molar refractivity (Wildman–Crippen MR) is 190 cm³/mol. The highest BCUT2D eigenvalue weighted by Gasteiger charge is 2.54. The number of aliphatic imine (C=N–C) groups is 1. The van der Waals surface area contributed by atoms with Gasteiger partial charge in [-0.3, -0.25) is 4.99 Å². The van der Waals surface area contributed by atoms with E-state index >= 15 is 0 Å². The van der Waals surface area contributed by atoms with Crippen LogP contribution in [0.4, 0.5) is 0 Å². The van der Waals surface area contributed by atoms with Gasteiger partial charge in [0.2, 0.25) is 0 Å². The molecule has 1 spiro atoms. The van der Waals surface area contributed by atoms with Gasteiger partial charge in [0, 0.05) is 22.5 Å². The van der Waals surface area contributed by atoms with E-state index in [1.165, 1.54) is 44.5 Å². The average Bonchev–Trinajstić information content (AvgIpc) is 3.56. The molecular formula is C43H36N2. The molecule has 2 aliphatic rings. The summed E-state index contributed by atoms with van der Waals surface area (Å²) in [7, 11) is 0. The SMILES string of the molecule is C\C=C/C=C1\C(=C(CC)\N=C(/C=C(\N)c2ccccc2)c2ccccc2)C2(c3ccccc31)c1ccccc1-c1ccccc12. The predicted octanol–water partition coefficient (Wildman–Crippen LogP) is 10.1. The van der Waals surface area contributed by atoms with Gasteiger partial charge in [0.1, 0.15) is 0 Å². The number of rotatable bonds is 6. The summed E-state index contributed by atoms with van der Waals surface area (Å²) in [6, 6.07) is 47.2. The minimum atomic E-state index is -0.497. The molecule has 5 aromatic rings. The monoisotopic (exact) mass is 580 g/mol. The molecule has 2 aliphatic carbocycles. The molecule has 2 N–H and O–H groups in total. The smallest absolute Gasteiger partial charge is 0.0743 e. The first kappa shape index (κ1) is 28.3. The van der Waals surface area contributed by atoms with Gasteiger partial charge in [0.25, 0.3) is 0 Å². The van der Waals surface area contributed by atoms with E-state index in [1.807, 2.05) is 42.5 Å². The van der Waals surface area contributed by atoms with Crippen molar-refractivity contribution in [2.45, 2.75) is 25.7 Å². The summed E-state index contributed by atoms with van der Waals surface area (Å²) < 4.78 is 0. The number of fused-ring (bicyclic) bond motifs is 7. The molecule has 7 rings (SSSR count). The van der Waals surface area contributed by atoms with E-state index in [1.54, 1.807) is 0 Å². The highest BCUT2D eigenvalue weighted by atomic mass is 14.8. The second-order valence-electron chi connectivity index (χ2n) is 11.5. The van der Waals surface area contributed by atoms with Crippen LogP contribution in [-0.2, 0) is 5.41 Å². The summed E-state index contributed by atoms with van der Waals surface area (Å²) in [6.07, 6.45) is 9.30. The Morgan fingerprint density at radius 3 is 1.69 bits per heavy atom. The van der Waals surface area contributed by atoms with Gasteiger partial charge in [-0.25, -0.2) is 0 Å². The molecule has 2 nitrogen and oxygen atoms in total. The zero-order valence-corrected chi connectivity index (χ0v) is 25.7. The number of hydrogen-bond acceptors (Lipinski definition) is 2. The molecule has 0 radical (unpaired) electrons. The van der Waals surface area contributed by atoms with Crippen molar-refractivity contribution in [2.75, 3.05) is 0 Å². The summed E-state index contributed by atoms with van der Waals surface area (Å²) in [5, 5.41) is 0. The standard InChI is InChI=1S/C43H36N2/c1-3-5-22-35-34-25-14-17-28-38(34)43(36-26-15-12-23-32(36)33-24-13-16-27-37(33)43)42(35)40(4-2)45-41(31-20-10-7-11-21-31)29-39(44)30-18-8-6-9-19-30/h3,5-29H,4,44H2,1-2H3/b5-3-,35-22-,39-29-,42-40-,45-41+. The Labute approximate surface area is 266 Å². The van der Waals surface area contributed by atoms with Crippen LogP contribution in [0, 0.1) is 0 Å². The van der Waals surface area contributed by atoms with Crippen LogP contribution in [-0.4, -0.2) is 5.71 Å². The third-order valence-electron chi connectivity index (χ3n) is 9.02. The minimum Gasteiger partial charge on any atom is -0.398 e. The molecule has 45 heavy (non-hydrogen) atoms. The van der Waals surface area contributed by atoms with Crippen LogP contribution in [0.5, 0.6) is 0 Å². The van der Waals surface area contributed by atoms with Crippen LogP contribution in [0.3, 0.4) is 0 Å². The Kier molecular flexibility index (Phi) is 7.49. The van der Waals surface area contributed by atoms with Gasteiger partial charge in [-0.2, -0.15) is 0 Å². The van der Waals surface area contributed by atoms with Gasteiger partial charge in [-0.05, 0) is 63.9 Å². The van der Waals surface area contributed by atoms with Crippen LogP contribution >= 0.6 is 0 Å². The Bertz CT molecular complexity index is 1990. The van der Waals surface area contributed by atoms with Crippen LogP contribution in [0.1, 0.15) is 53.6 Å². The van der Waals surface area contributed by atoms with Crippen molar-refractivity contribution < 1.29 is 0 Å². The number of nitrogens with two attached hydrogens (primary N) is 1. The third-order valence-corrected chi connectivity index (χ3v) is 9.02. The van der Waals surface area contributed by atoms with E-state index in [0.29, 0.717) is 5.70 Å². The molecule has 5 aromatic carbocycles. The fourth-order valence-electron chi connectivity index (χ4n) is 7.16. The summed E-state index contributed by atoms with van der Waals surface area (Å²) >= 11 is 0. The largest absolute Gasteiger partial charge is 0.398 e. The lowest BCUT2D eigenvalue weighted by molar-refractivity contribution is 0.773. The molecular weight excluding hydrogens is 544 g/mol. The average molecular weight is 581 g/mol. The van der Waals surface area contributed by atoms with Crippen molar-refractivity contribution >= 4 is 17.0 Å². The fraction of sp³-hybridized carbons (Fsp3) is 0.0930. The Morgan fingerprint density at radius 1 is 0.644 bits per heavy atom. The molecule has 2 heteroatoms. The lowest BCUT2D eigenvalue weighted by Crippen LogP contribution is -2.27. The molecule has 0 fully saturated rings. The molecule has 0 saturated heterocycles. The quantitative estimate of drug-likeness (QED) is 0.199. The van der Waals surface area contributed by atoms with E-state index < -0.39 is 5.41 Å². The molecule has 0 unspecified atom stereocenters. The number of allylic oxidation sites excluding steroid dienone is 7. The summed E-state index contributed by atoms with van der Waals surface area (Å²) in [5.41, 5.74) is 21.0. The van der Waals surface area contributed by atoms with Crippen molar-refractivity contribution in [3.8, 4) is 11.1 Å². The lowest BCUT2D eigenvalue weighted by Gasteiger charge is -2.32. The Morgan fingerprint density at radius 2 is 1.13 bits per heavy atom. The van der Waals surface area contributed by atoms with E-state index in [0.717, 1.165) is 29.0 Å². The molecule has 0 amide bonds. The highest BCUT2D eigenvalue weighted by molar-refractivity contribution is 6.13. The second kappa shape index (κ2) is 11.9. The minimum absolute atomic E-state index is 0.497. The van der Waals surface area contributed by atoms with Crippen molar-refractivity contribution in [1.82, 2.24) is 0 Å². The number of nitrogens with zero attached hydrogens (tertiary/aromatic N) is 1. The summed E-state index contributed by atoms with van der Waals surface area (Å²) in [4.78, 5) is 5.59. The third kappa shape index (κ3) is 4.62. The van der Waals surface area contributed by atoms with E-state index in [4.69, 9.17) is 10.7 Å². The van der Waals surface area contributed by atoms with E-state index in [-0.39, 0.29) is 0 Å². The maximum atomic E-state index is 6.75. The molecule has 0 bridgehead atoms. The normalized spacial score (nSPS) is 17.1. The van der Waals surface area contributed by atoms with Crippen molar-refractivity contribution in [2.24, 2.45) is 10.7 Å². The second-order valence-corrected chi connectivity index (χ2v) is 11.5. The van der Waals surface area contributed by atoms with E-state index in [9.17, 15) is 0 Å². The summed E-state index contributed by atoms with van der Waals surface area (Å²) in [5.74, 6) is 0. The zero-order chi connectivity index (χ0) is 30.8. The maximum absolute atomic E-state index is 6.75. The molecule has 218 valence electrons. The van der Waals surface area contributed by atoms with Gasteiger partial charge in [-0.1, -0.05) is 159 Å². The highest BCUT2D eigenvalue weighted by Crippen LogP contribution is 2.64. The Balaban J connectivity index is 1.60. The zero-order valence-electron chi connectivity index (χ0n) is 25.7. The maximum Gasteiger partial charge on any atom is 0.0743 e. The van der Waals surface area contributed by atoms with Gasteiger partial charge >= 0.3 is 0 Å². The van der Waals surface area contributed by atoms with Crippen LogP contribution < -0.4 is 5.73 Å². The van der Waals surface area contributed by atoms with Crippen LogP contribution in [0.2, 0.25) is 0 Å². The molecule has 0 heterocycles. The topological polar surface area (TPSA) is 38.4 Å². The first-order chi connectivity index (χ1) is 22.2. The van der Waals surface area contributed by atoms with Gasteiger partial charge in [0.15, 0.2) is 0 Å². The molecule has 0 aromatic heterocycles. The first-order valence-corrected chi connectivity index (χ1v) is 15.7. The molecule has 0 saturated carbocycles. The fourth-order valence-corrected chi connectivity index (χ4v) is 7.16.